The lowest BCUT2D eigenvalue weighted by molar-refractivity contribution is 0.123. The molecule has 1 saturated heterocycles. The Hall–Kier alpha value is -3.10. The third kappa shape index (κ3) is 5.13. The third-order valence-electron chi connectivity index (χ3n) is 7.36. The van der Waals surface area contributed by atoms with E-state index in [9.17, 15) is 14.7 Å². The van der Waals surface area contributed by atoms with Crippen molar-refractivity contribution in [2.24, 2.45) is 5.92 Å². The molecule has 1 aliphatic carbocycles. The first-order valence-electron chi connectivity index (χ1n) is 12.6. The minimum atomic E-state index is -0.492. The molecule has 0 spiro atoms. The van der Waals surface area contributed by atoms with Gasteiger partial charge in [-0.3, -0.25) is 4.57 Å². The number of carbonyl (C=O) groups is 1. The van der Waals surface area contributed by atoms with Gasteiger partial charge in [0.15, 0.2) is 0 Å². The number of ether oxygens (including phenoxy) is 1. The summed E-state index contributed by atoms with van der Waals surface area (Å²) in [6, 6.07) is 15.0. The van der Waals surface area contributed by atoms with Gasteiger partial charge in [0.2, 0.25) is 0 Å². The van der Waals surface area contributed by atoms with Gasteiger partial charge in [0, 0.05) is 19.1 Å². The molecule has 8 heteroatoms. The van der Waals surface area contributed by atoms with Crippen molar-refractivity contribution in [1.29, 1.82) is 0 Å². The molecule has 35 heavy (non-hydrogen) atoms. The molecule has 1 amide bonds. The molecule has 5 rings (SSSR count). The lowest BCUT2D eigenvalue weighted by Gasteiger charge is -2.32. The number of rotatable bonds is 8. The van der Waals surface area contributed by atoms with E-state index in [4.69, 9.17) is 4.74 Å². The number of para-hydroxylation sites is 2. The zero-order valence-corrected chi connectivity index (χ0v) is 20.2. The fourth-order valence-corrected chi connectivity index (χ4v) is 5.08. The van der Waals surface area contributed by atoms with E-state index in [1.807, 2.05) is 48.5 Å². The molecule has 1 unspecified atom stereocenters. The molecule has 1 aliphatic heterocycles. The highest BCUT2D eigenvalue weighted by Crippen LogP contribution is 2.36. The van der Waals surface area contributed by atoms with E-state index >= 15 is 0 Å². The maximum atomic E-state index is 13.0. The minimum Gasteiger partial charge on any atom is -0.497 e. The summed E-state index contributed by atoms with van der Waals surface area (Å²) in [5, 5.41) is 13.5. The van der Waals surface area contributed by atoms with E-state index in [2.05, 4.69) is 10.2 Å². The van der Waals surface area contributed by atoms with Crippen LogP contribution in [0, 0.1) is 5.92 Å². The predicted octanol–water partition coefficient (Wildman–Crippen LogP) is 3.54. The molecule has 186 valence electrons. The smallest absolute Gasteiger partial charge is 0.337 e. The molecule has 2 N–H and O–H groups in total. The largest absolute Gasteiger partial charge is 0.497 e. The molecule has 2 fully saturated rings. The molecular weight excluding hydrogens is 444 g/mol. The Morgan fingerprint density at radius 1 is 1.06 bits per heavy atom. The highest BCUT2D eigenvalue weighted by molar-refractivity contribution is 5.89. The molecule has 2 aromatic carbocycles. The number of nitrogens with zero attached hydrogens (tertiary/aromatic N) is 3. The first-order chi connectivity index (χ1) is 17.0. The number of aromatic nitrogens is 2. The van der Waals surface area contributed by atoms with Crippen LogP contribution in [0.3, 0.4) is 0 Å². The number of likely N-dealkylation sites (tertiary alicyclic amines) is 1. The number of hydrogen-bond acceptors (Lipinski definition) is 5. The highest BCUT2D eigenvalue weighted by Gasteiger charge is 2.30. The van der Waals surface area contributed by atoms with Gasteiger partial charge in [0.1, 0.15) is 5.75 Å². The summed E-state index contributed by atoms with van der Waals surface area (Å²) in [5.74, 6) is 1.17. The summed E-state index contributed by atoms with van der Waals surface area (Å²) in [6.45, 7) is 3.28. The number of fused-ring (bicyclic) bond motifs is 1. The van der Waals surface area contributed by atoms with Crippen molar-refractivity contribution in [2.45, 2.75) is 44.2 Å². The molecule has 8 nitrogen and oxygen atoms in total. The van der Waals surface area contributed by atoms with Crippen molar-refractivity contribution in [1.82, 2.24) is 19.4 Å². The Balaban J connectivity index is 1.10. The molecule has 3 aromatic rings. The van der Waals surface area contributed by atoms with Crippen LogP contribution in [-0.2, 0) is 0 Å². The van der Waals surface area contributed by atoms with Gasteiger partial charge in [-0.25, -0.2) is 14.2 Å². The lowest BCUT2D eigenvalue weighted by Crippen LogP contribution is -2.42. The number of amides is 1. The van der Waals surface area contributed by atoms with Gasteiger partial charge in [-0.15, -0.1) is 0 Å². The maximum Gasteiger partial charge on any atom is 0.337 e. The first-order valence-corrected chi connectivity index (χ1v) is 12.6. The second kappa shape index (κ2) is 10.3. The Morgan fingerprint density at radius 2 is 1.74 bits per heavy atom. The van der Waals surface area contributed by atoms with Crippen LogP contribution in [0.25, 0.3) is 11.0 Å². The number of methoxy groups -OCH3 is 1. The Bertz CT molecular complexity index is 1220. The first kappa shape index (κ1) is 23.6. The van der Waals surface area contributed by atoms with Crippen molar-refractivity contribution in [3.05, 3.63) is 64.6 Å². The van der Waals surface area contributed by atoms with Crippen molar-refractivity contribution in [3.8, 4) is 5.75 Å². The Kier molecular flexibility index (Phi) is 6.92. The molecule has 1 saturated carbocycles. The number of nitrogens with one attached hydrogen (secondary N) is 1. The number of aliphatic hydroxyl groups excluding tert-OH is 1. The van der Waals surface area contributed by atoms with Gasteiger partial charge >= 0.3 is 11.7 Å². The summed E-state index contributed by atoms with van der Waals surface area (Å²) in [7, 11) is 1.63. The van der Waals surface area contributed by atoms with E-state index in [0.29, 0.717) is 24.4 Å². The van der Waals surface area contributed by atoms with Crippen LogP contribution in [0.2, 0.25) is 0 Å². The Morgan fingerprint density at radius 3 is 2.40 bits per heavy atom. The molecule has 1 aromatic heterocycles. The zero-order chi connectivity index (χ0) is 24.4. The van der Waals surface area contributed by atoms with Gasteiger partial charge < -0.3 is 20.1 Å². The summed E-state index contributed by atoms with van der Waals surface area (Å²) < 4.78 is 8.24. The van der Waals surface area contributed by atoms with Crippen LogP contribution in [0.1, 0.15) is 49.8 Å². The van der Waals surface area contributed by atoms with Gasteiger partial charge in [-0.05, 0) is 80.9 Å². The summed E-state index contributed by atoms with van der Waals surface area (Å²) in [4.78, 5) is 28.4. The van der Waals surface area contributed by atoms with Crippen LogP contribution in [0.5, 0.6) is 5.75 Å². The standard InChI is InChI=1S/C27H34N4O4/c1-35-22-10-6-20(7-11-22)25(32)14-17-29-15-12-19(13-16-29)18-28-26(33)31-24-5-3-2-4-23(24)30(27(31)34)21-8-9-21/h2-7,10-11,19,21,25,32H,8-9,12-18H2,1H3,(H,28,33). The van der Waals surface area contributed by atoms with Crippen LogP contribution in [-0.4, -0.2) is 58.5 Å². The van der Waals surface area contributed by atoms with Crippen molar-refractivity contribution < 1.29 is 14.6 Å². The van der Waals surface area contributed by atoms with Crippen LogP contribution < -0.4 is 15.7 Å². The fourth-order valence-electron chi connectivity index (χ4n) is 5.08. The van der Waals surface area contributed by atoms with Gasteiger partial charge in [-0.2, -0.15) is 0 Å². The van der Waals surface area contributed by atoms with E-state index in [1.54, 1.807) is 11.7 Å². The van der Waals surface area contributed by atoms with E-state index in [0.717, 1.165) is 62.1 Å². The molecule has 2 heterocycles. The number of aliphatic hydroxyl groups is 1. The van der Waals surface area contributed by atoms with Gasteiger partial charge in [0.05, 0.1) is 24.2 Å². The van der Waals surface area contributed by atoms with Crippen LogP contribution in [0.4, 0.5) is 4.79 Å². The lowest BCUT2D eigenvalue weighted by atomic mass is 9.96. The number of carbonyl (C=O) groups excluding carboxylic acids is 1. The van der Waals surface area contributed by atoms with Gasteiger partial charge in [-0.1, -0.05) is 24.3 Å². The zero-order valence-electron chi connectivity index (χ0n) is 20.2. The van der Waals surface area contributed by atoms with Gasteiger partial charge in [0.25, 0.3) is 0 Å². The average molecular weight is 479 g/mol. The summed E-state index contributed by atoms with van der Waals surface area (Å²) in [5.41, 5.74) is 2.17. The number of imidazole rings is 1. The third-order valence-corrected chi connectivity index (χ3v) is 7.36. The molecule has 0 radical (unpaired) electrons. The van der Waals surface area contributed by atoms with Crippen LogP contribution in [0.15, 0.2) is 53.3 Å². The number of benzene rings is 2. The molecular formula is C27H34N4O4. The molecule has 2 aliphatic rings. The highest BCUT2D eigenvalue weighted by atomic mass is 16.5. The van der Waals surface area contributed by atoms with E-state index < -0.39 is 6.10 Å². The number of piperidine rings is 1. The van der Waals surface area contributed by atoms with Crippen molar-refractivity contribution in [3.63, 3.8) is 0 Å². The van der Waals surface area contributed by atoms with Crippen molar-refractivity contribution >= 4 is 17.1 Å². The fraction of sp³-hybridized carbons (Fsp3) is 0.481. The predicted molar refractivity (Wildman–Crippen MR) is 135 cm³/mol. The van der Waals surface area contributed by atoms with E-state index in [1.165, 1.54) is 4.57 Å². The van der Waals surface area contributed by atoms with Crippen LogP contribution >= 0.6 is 0 Å². The molecule has 0 bridgehead atoms. The van der Waals surface area contributed by atoms with Crippen molar-refractivity contribution in [2.75, 3.05) is 33.3 Å². The Labute approximate surface area is 205 Å². The second-order valence-electron chi connectivity index (χ2n) is 9.76. The topological polar surface area (TPSA) is 88.7 Å². The quantitative estimate of drug-likeness (QED) is 0.517. The summed E-state index contributed by atoms with van der Waals surface area (Å²) >= 11 is 0. The monoisotopic (exact) mass is 478 g/mol. The average Bonchev–Trinajstić information content (AvgIpc) is 3.68. The normalized spacial score (nSPS) is 18.0. The summed E-state index contributed by atoms with van der Waals surface area (Å²) in [6.07, 6.45) is 4.14. The van der Waals surface area contributed by atoms with E-state index in [-0.39, 0.29) is 17.8 Å². The SMILES string of the molecule is COc1ccc(C(O)CCN2CCC(CNC(=O)n3c(=O)n(C4CC4)c4ccccc43)CC2)cc1. The maximum absolute atomic E-state index is 13.0. The molecule has 1 atom stereocenters. The number of hydrogen-bond donors (Lipinski definition) is 2. The minimum absolute atomic E-state index is 0.217. The second-order valence-corrected chi connectivity index (χ2v) is 9.76.